The fourth-order valence-corrected chi connectivity index (χ4v) is 1.68. The van der Waals surface area contributed by atoms with Gasteiger partial charge in [-0.25, -0.2) is 0 Å². The highest BCUT2D eigenvalue weighted by Gasteiger charge is 1.99. The summed E-state index contributed by atoms with van der Waals surface area (Å²) in [5.74, 6) is 0.886. The van der Waals surface area contributed by atoms with Gasteiger partial charge in [-0.15, -0.1) is 5.10 Å². The summed E-state index contributed by atoms with van der Waals surface area (Å²) in [5, 5.41) is 11.2. The zero-order chi connectivity index (χ0) is 14.4. The molecule has 1 aromatic carbocycles. The Bertz CT molecular complexity index is 521. The minimum atomic E-state index is 0.661. The molecule has 108 valence electrons. The minimum absolute atomic E-state index is 0.661. The molecule has 0 spiro atoms. The molecule has 1 heterocycles. The van der Waals surface area contributed by atoms with Crippen molar-refractivity contribution in [3.8, 4) is 5.75 Å². The lowest BCUT2D eigenvalue weighted by Gasteiger charge is -2.11. The topological polar surface area (TPSA) is 55.2 Å². The van der Waals surface area contributed by atoms with E-state index < -0.39 is 0 Å². The van der Waals surface area contributed by atoms with Gasteiger partial charge in [-0.3, -0.25) is 4.68 Å². The van der Waals surface area contributed by atoms with Crippen LogP contribution < -0.4 is 10.1 Å². The zero-order valence-electron chi connectivity index (χ0n) is 12.2. The Morgan fingerprint density at radius 2 is 2.00 bits per heavy atom. The molecule has 0 atom stereocenters. The number of rotatable bonds is 7. The molecule has 0 aliphatic rings. The molecule has 0 amide bonds. The third kappa shape index (κ3) is 4.55. The maximum atomic E-state index is 5.64. The summed E-state index contributed by atoms with van der Waals surface area (Å²) in [6, 6.07) is 7.94. The average Bonchev–Trinajstić information content (AvgIpc) is 2.83. The molecule has 0 radical (unpaired) electrons. The standard InChI is InChI=1S/C14H21N5O/c1-18(2)8-9-20-14-6-4-12(5-7-14)15-10-13-11-19(3)17-16-13/h4-7,11,15H,8-10H2,1-3H3. The Balaban J connectivity index is 1.79. The molecule has 0 saturated carbocycles. The second-order valence-electron chi connectivity index (χ2n) is 4.91. The van der Waals surface area contributed by atoms with Crippen molar-refractivity contribution in [1.82, 2.24) is 19.9 Å². The first-order valence-electron chi connectivity index (χ1n) is 6.60. The summed E-state index contributed by atoms with van der Waals surface area (Å²) in [6.07, 6.45) is 1.89. The van der Waals surface area contributed by atoms with Crippen molar-refractivity contribution in [2.75, 3.05) is 32.6 Å². The van der Waals surface area contributed by atoms with Crippen molar-refractivity contribution < 1.29 is 4.74 Å². The SMILES string of the molecule is CN(C)CCOc1ccc(NCc2cn(C)nn2)cc1. The lowest BCUT2D eigenvalue weighted by molar-refractivity contribution is 0.261. The van der Waals surface area contributed by atoms with E-state index in [1.54, 1.807) is 4.68 Å². The van der Waals surface area contributed by atoms with E-state index >= 15 is 0 Å². The van der Waals surface area contributed by atoms with Gasteiger partial charge in [0, 0.05) is 25.5 Å². The van der Waals surface area contributed by atoms with E-state index in [0.29, 0.717) is 13.2 Å². The predicted molar refractivity (Wildman–Crippen MR) is 78.8 cm³/mol. The van der Waals surface area contributed by atoms with E-state index in [9.17, 15) is 0 Å². The molecule has 2 rings (SSSR count). The predicted octanol–water partition coefficient (Wildman–Crippen LogP) is 1.37. The first-order valence-corrected chi connectivity index (χ1v) is 6.60. The van der Waals surface area contributed by atoms with Gasteiger partial charge >= 0.3 is 0 Å². The third-order valence-electron chi connectivity index (χ3n) is 2.79. The zero-order valence-corrected chi connectivity index (χ0v) is 12.2. The molecule has 1 aromatic heterocycles. The van der Waals surface area contributed by atoms with E-state index in [2.05, 4.69) is 20.5 Å². The van der Waals surface area contributed by atoms with E-state index in [1.165, 1.54) is 0 Å². The number of aryl methyl sites for hydroxylation is 1. The van der Waals surface area contributed by atoms with E-state index in [-0.39, 0.29) is 0 Å². The minimum Gasteiger partial charge on any atom is -0.492 e. The Labute approximate surface area is 119 Å². The molecule has 0 bridgehead atoms. The van der Waals surface area contributed by atoms with Gasteiger partial charge in [-0.05, 0) is 38.4 Å². The van der Waals surface area contributed by atoms with Gasteiger partial charge in [-0.2, -0.15) is 0 Å². The van der Waals surface area contributed by atoms with Crippen molar-refractivity contribution in [1.29, 1.82) is 0 Å². The molecule has 0 aliphatic heterocycles. The number of anilines is 1. The number of ether oxygens (including phenoxy) is 1. The van der Waals surface area contributed by atoms with Crippen LogP contribution in [0.2, 0.25) is 0 Å². The highest BCUT2D eigenvalue weighted by Crippen LogP contribution is 2.16. The van der Waals surface area contributed by atoms with Crippen LogP contribution in [0, 0.1) is 0 Å². The van der Waals surface area contributed by atoms with Gasteiger partial charge in [0.05, 0.1) is 6.54 Å². The maximum Gasteiger partial charge on any atom is 0.119 e. The molecule has 1 N–H and O–H groups in total. The maximum absolute atomic E-state index is 5.64. The summed E-state index contributed by atoms with van der Waals surface area (Å²) in [6.45, 7) is 2.26. The molecular weight excluding hydrogens is 254 g/mol. The van der Waals surface area contributed by atoms with Gasteiger partial charge in [0.25, 0.3) is 0 Å². The van der Waals surface area contributed by atoms with Gasteiger partial charge in [-0.1, -0.05) is 5.21 Å². The van der Waals surface area contributed by atoms with Gasteiger partial charge < -0.3 is 15.0 Å². The summed E-state index contributed by atoms with van der Waals surface area (Å²) in [5.41, 5.74) is 1.95. The first kappa shape index (κ1) is 14.3. The number of aromatic nitrogens is 3. The van der Waals surface area contributed by atoms with Crippen LogP contribution in [-0.2, 0) is 13.6 Å². The normalized spacial score (nSPS) is 10.8. The monoisotopic (exact) mass is 275 g/mol. The lowest BCUT2D eigenvalue weighted by Crippen LogP contribution is -2.19. The molecule has 2 aromatic rings. The number of benzene rings is 1. The molecular formula is C14H21N5O. The van der Waals surface area contributed by atoms with Crippen LogP contribution in [0.1, 0.15) is 5.69 Å². The molecule has 6 heteroatoms. The Morgan fingerprint density at radius 3 is 2.60 bits per heavy atom. The van der Waals surface area contributed by atoms with Crippen LogP contribution in [0.5, 0.6) is 5.75 Å². The van der Waals surface area contributed by atoms with Gasteiger partial charge in [0.2, 0.25) is 0 Å². The Morgan fingerprint density at radius 1 is 1.25 bits per heavy atom. The fourth-order valence-electron chi connectivity index (χ4n) is 1.68. The van der Waals surface area contributed by atoms with Crippen molar-refractivity contribution in [2.45, 2.75) is 6.54 Å². The highest BCUT2D eigenvalue weighted by atomic mass is 16.5. The second kappa shape index (κ2) is 6.91. The Kier molecular flexibility index (Phi) is 4.95. The molecule has 0 saturated heterocycles. The number of hydrogen-bond acceptors (Lipinski definition) is 5. The van der Waals surface area contributed by atoms with Crippen LogP contribution in [0.25, 0.3) is 0 Å². The van der Waals surface area contributed by atoms with Crippen molar-refractivity contribution in [2.24, 2.45) is 7.05 Å². The summed E-state index contributed by atoms with van der Waals surface area (Å²) in [7, 11) is 5.92. The number of nitrogens with zero attached hydrogens (tertiary/aromatic N) is 4. The van der Waals surface area contributed by atoms with Crippen molar-refractivity contribution >= 4 is 5.69 Å². The fraction of sp³-hybridized carbons (Fsp3) is 0.429. The van der Waals surface area contributed by atoms with E-state index in [4.69, 9.17) is 4.74 Å². The number of hydrogen-bond donors (Lipinski definition) is 1. The second-order valence-corrected chi connectivity index (χ2v) is 4.91. The third-order valence-corrected chi connectivity index (χ3v) is 2.79. The smallest absolute Gasteiger partial charge is 0.119 e. The number of likely N-dealkylation sites (N-methyl/N-ethyl adjacent to an activating group) is 1. The van der Waals surface area contributed by atoms with Gasteiger partial charge in [0.15, 0.2) is 0 Å². The molecule has 6 nitrogen and oxygen atoms in total. The summed E-state index contributed by atoms with van der Waals surface area (Å²) >= 11 is 0. The quantitative estimate of drug-likeness (QED) is 0.827. The molecule has 0 unspecified atom stereocenters. The van der Waals surface area contributed by atoms with Crippen LogP contribution in [-0.4, -0.2) is 47.1 Å². The summed E-state index contributed by atoms with van der Waals surface area (Å²) in [4.78, 5) is 2.09. The van der Waals surface area contributed by atoms with Crippen LogP contribution in [0.15, 0.2) is 30.5 Å². The van der Waals surface area contributed by atoms with E-state index in [1.807, 2.05) is 51.6 Å². The van der Waals surface area contributed by atoms with Gasteiger partial charge in [0.1, 0.15) is 18.1 Å². The van der Waals surface area contributed by atoms with E-state index in [0.717, 1.165) is 23.7 Å². The lowest BCUT2D eigenvalue weighted by atomic mass is 10.3. The van der Waals surface area contributed by atoms with Crippen LogP contribution in [0.4, 0.5) is 5.69 Å². The summed E-state index contributed by atoms with van der Waals surface area (Å²) < 4.78 is 7.34. The number of nitrogens with one attached hydrogen (secondary N) is 1. The Hall–Kier alpha value is -2.08. The molecule has 0 fully saturated rings. The van der Waals surface area contributed by atoms with Crippen LogP contribution >= 0.6 is 0 Å². The largest absolute Gasteiger partial charge is 0.492 e. The highest BCUT2D eigenvalue weighted by molar-refractivity contribution is 5.46. The first-order chi connectivity index (χ1) is 9.63. The molecule has 0 aliphatic carbocycles. The van der Waals surface area contributed by atoms with Crippen LogP contribution in [0.3, 0.4) is 0 Å². The van der Waals surface area contributed by atoms with Crippen molar-refractivity contribution in [3.05, 3.63) is 36.2 Å². The average molecular weight is 275 g/mol. The molecule has 20 heavy (non-hydrogen) atoms. The van der Waals surface area contributed by atoms with Crippen molar-refractivity contribution in [3.63, 3.8) is 0 Å².